The highest BCUT2D eigenvalue weighted by Gasteiger charge is 2.28. The molecule has 0 aliphatic heterocycles. The van der Waals surface area contributed by atoms with Gasteiger partial charge in [-0.05, 0) is 55.2 Å². The van der Waals surface area contributed by atoms with Crippen LogP contribution in [0.15, 0.2) is 22.7 Å². The molecule has 0 amide bonds. The molecule has 3 unspecified atom stereocenters. The molecule has 1 aromatic carbocycles. The first-order chi connectivity index (χ1) is 9.10. The lowest BCUT2D eigenvalue weighted by Gasteiger charge is -2.34. The second-order valence-corrected chi connectivity index (χ2v) is 7.15. The summed E-state index contributed by atoms with van der Waals surface area (Å²) in [7, 11) is 0. The predicted molar refractivity (Wildman–Crippen MR) is 86.6 cm³/mol. The maximum Gasteiger partial charge on any atom is 0.0449 e. The molecular formula is C16H23BrClN. The topological polar surface area (TPSA) is 26.0 Å². The van der Waals surface area contributed by atoms with Gasteiger partial charge in [0.05, 0.1) is 0 Å². The summed E-state index contributed by atoms with van der Waals surface area (Å²) in [5.74, 6) is 1.45. The van der Waals surface area contributed by atoms with Gasteiger partial charge in [0.25, 0.3) is 0 Å². The second-order valence-electron chi connectivity index (χ2n) is 5.83. The van der Waals surface area contributed by atoms with Crippen LogP contribution in [0.4, 0.5) is 0 Å². The Morgan fingerprint density at radius 3 is 2.84 bits per heavy atom. The van der Waals surface area contributed by atoms with Crippen LogP contribution in [-0.4, -0.2) is 6.04 Å². The first-order valence-electron chi connectivity index (χ1n) is 7.29. The van der Waals surface area contributed by atoms with Crippen LogP contribution in [-0.2, 0) is 6.42 Å². The fraction of sp³-hybridized carbons (Fsp3) is 0.625. The maximum atomic E-state index is 6.32. The Hall–Kier alpha value is -0.0500. The third-order valence-corrected chi connectivity index (χ3v) is 5.19. The number of benzene rings is 1. The van der Waals surface area contributed by atoms with E-state index in [1.165, 1.54) is 37.7 Å². The average Bonchev–Trinajstić information content (AvgIpc) is 2.37. The number of hydrogen-bond acceptors (Lipinski definition) is 1. The van der Waals surface area contributed by atoms with Crippen molar-refractivity contribution in [2.24, 2.45) is 17.6 Å². The van der Waals surface area contributed by atoms with Gasteiger partial charge in [0, 0.05) is 15.5 Å². The molecule has 1 fully saturated rings. The van der Waals surface area contributed by atoms with Crippen molar-refractivity contribution in [1.82, 2.24) is 0 Å². The fourth-order valence-electron chi connectivity index (χ4n) is 3.26. The SMILES string of the molecule is CCCC1CCC(N)C(Cc2ccc(Br)cc2Cl)C1. The summed E-state index contributed by atoms with van der Waals surface area (Å²) >= 11 is 9.78. The van der Waals surface area contributed by atoms with Crippen LogP contribution < -0.4 is 5.73 Å². The van der Waals surface area contributed by atoms with Gasteiger partial charge >= 0.3 is 0 Å². The molecule has 0 saturated heterocycles. The Kier molecular flexibility index (Phi) is 5.73. The summed E-state index contributed by atoms with van der Waals surface area (Å²) in [6, 6.07) is 6.52. The second kappa shape index (κ2) is 7.10. The van der Waals surface area contributed by atoms with Crippen molar-refractivity contribution in [1.29, 1.82) is 0 Å². The molecule has 1 saturated carbocycles. The zero-order valence-electron chi connectivity index (χ0n) is 11.5. The number of hydrogen-bond donors (Lipinski definition) is 1. The van der Waals surface area contributed by atoms with Crippen LogP contribution in [0.1, 0.15) is 44.6 Å². The summed E-state index contributed by atoms with van der Waals surface area (Å²) in [6.45, 7) is 2.27. The normalized spacial score (nSPS) is 27.5. The van der Waals surface area contributed by atoms with Gasteiger partial charge in [-0.1, -0.05) is 53.4 Å². The van der Waals surface area contributed by atoms with E-state index >= 15 is 0 Å². The molecule has 3 heteroatoms. The number of halogens is 2. The van der Waals surface area contributed by atoms with E-state index in [2.05, 4.69) is 35.0 Å². The molecule has 19 heavy (non-hydrogen) atoms. The Balaban J connectivity index is 2.03. The van der Waals surface area contributed by atoms with E-state index in [0.717, 1.165) is 21.8 Å². The standard InChI is InChI=1S/C16H23BrClN/c1-2-3-11-4-7-16(19)13(8-11)9-12-5-6-14(17)10-15(12)18/h5-6,10-11,13,16H,2-4,7-9,19H2,1H3. The Bertz CT molecular complexity index is 421. The van der Waals surface area contributed by atoms with E-state index in [0.29, 0.717) is 12.0 Å². The number of rotatable bonds is 4. The van der Waals surface area contributed by atoms with E-state index in [-0.39, 0.29) is 0 Å². The monoisotopic (exact) mass is 343 g/mol. The van der Waals surface area contributed by atoms with E-state index in [4.69, 9.17) is 17.3 Å². The molecule has 3 atom stereocenters. The van der Waals surface area contributed by atoms with Gasteiger partial charge in [0.1, 0.15) is 0 Å². The largest absolute Gasteiger partial charge is 0.327 e. The third-order valence-electron chi connectivity index (χ3n) is 4.34. The van der Waals surface area contributed by atoms with Crippen LogP contribution >= 0.6 is 27.5 Å². The quantitative estimate of drug-likeness (QED) is 0.799. The molecule has 0 aromatic heterocycles. The molecule has 1 aliphatic rings. The molecule has 2 rings (SSSR count). The molecule has 106 valence electrons. The van der Waals surface area contributed by atoms with E-state index in [1.807, 2.05) is 6.07 Å². The maximum absolute atomic E-state index is 6.32. The molecule has 0 radical (unpaired) electrons. The van der Waals surface area contributed by atoms with Gasteiger partial charge in [0.2, 0.25) is 0 Å². The summed E-state index contributed by atoms with van der Waals surface area (Å²) in [6.07, 6.45) is 7.39. The van der Waals surface area contributed by atoms with Crippen molar-refractivity contribution in [3.8, 4) is 0 Å². The minimum absolute atomic E-state index is 0.341. The van der Waals surface area contributed by atoms with Crippen molar-refractivity contribution in [3.05, 3.63) is 33.3 Å². The highest BCUT2D eigenvalue weighted by atomic mass is 79.9. The third kappa shape index (κ3) is 4.21. The van der Waals surface area contributed by atoms with Gasteiger partial charge in [0.15, 0.2) is 0 Å². The van der Waals surface area contributed by atoms with Gasteiger partial charge in [-0.3, -0.25) is 0 Å². The minimum Gasteiger partial charge on any atom is -0.327 e. The minimum atomic E-state index is 0.341. The van der Waals surface area contributed by atoms with Crippen LogP contribution in [0.5, 0.6) is 0 Å². The molecule has 0 spiro atoms. The van der Waals surface area contributed by atoms with E-state index in [9.17, 15) is 0 Å². The van der Waals surface area contributed by atoms with Gasteiger partial charge < -0.3 is 5.73 Å². The molecule has 0 bridgehead atoms. The molecular weight excluding hydrogens is 322 g/mol. The summed E-state index contributed by atoms with van der Waals surface area (Å²) in [5.41, 5.74) is 7.55. The molecule has 0 heterocycles. The van der Waals surface area contributed by atoms with E-state index < -0.39 is 0 Å². The lowest BCUT2D eigenvalue weighted by molar-refractivity contribution is 0.221. The van der Waals surface area contributed by atoms with Crippen LogP contribution in [0.3, 0.4) is 0 Å². The van der Waals surface area contributed by atoms with E-state index in [1.54, 1.807) is 0 Å². The summed E-state index contributed by atoms with van der Waals surface area (Å²) < 4.78 is 1.04. The zero-order valence-corrected chi connectivity index (χ0v) is 13.9. The Morgan fingerprint density at radius 2 is 2.16 bits per heavy atom. The van der Waals surface area contributed by atoms with Gasteiger partial charge in [-0.2, -0.15) is 0 Å². The lowest BCUT2D eigenvalue weighted by Crippen LogP contribution is -2.37. The van der Waals surface area contributed by atoms with Crippen molar-refractivity contribution in [3.63, 3.8) is 0 Å². The average molecular weight is 345 g/mol. The van der Waals surface area contributed by atoms with Gasteiger partial charge in [-0.15, -0.1) is 0 Å². The highest BCUT2D eigenvalue weighted by molar-refractivity contribution is 9.10. The van der Waals surface area contributed by atoms with Crippen molar-refractivity contribution >= 4 is 27.5 Å². The first-order valence-corrected chi connectivity index (χ1v) is 8.46. The molecule has 1 aromatic rings. The zero-order chi connectivity index (χ0) is 13.8. The fourth-order valence-corrected chi connectivity index (χ4v) is 4.01. The smallest absolute Gasteiger partial charge is 0.0449 e. The Morgan fingerprint density at radius 1 is 1.37 bits per heavy atom. The molecule has 1 aliphatic carbocycles. The van der Waals surface area contributed by atoms with Crippen molar-refractivity contribution in [2.75, 3.05) is 0 Å². The Labute approximate surface area is 130 Å². The van der Waals surface area contributed by atoms with Gasteiger partial charge in [-0.25, -0.2) is 0 Å². The predicted octanol–water partition coefficient (Wildman–Crippen LogP) is 5.19. The summed E-state index contributed by atoms with van der Waals surface area (Å²) in [4.78, 5) is 0. The van der Waals surface area contributed by atoms with Crippen LogP contribution in [0.2, 0.25) is 5.02 Å². The molecule has 2 N–H and O–H groups in total. The molecule has 1 nitrogen and oxygen atoms in total. The van der Waals surface area contributed by atoms with Crippen LogP contribution in [0.25, 0.3) is 0 Å². The lowest BCUT2D eigenvalue weighted by atomic mass is 9.74. The highest BCUT2D eigenvalue weighted by Crippen LogP contribution is 2.34. The van der Waals surface area contributed by atoms with Crippen LogP contribution in [0, 0.1) is 11.8 Å². The van der Waals surface area contributed by atoms with Crippen molar-refractivity contribution in [2.45, 2.75) is 51.5 Å². The first kappa shape index (κ1) is 15.3. The van der Waals surface area contributed by atoms with Crippen molar-refractivity contribution < 1.29 is 0 Å². The number of nitrogens with two attached hydrogens (primary N) is 1. The summed E-state index contributed by atoms with van der Waals surface area (Å²) in [5, 5.41) is 0.860.